The van der Waals surface area contributed by atoms with Crippen LogP contribution in [0, 0.1) is 18.6 Å². The average Bonchev–Trinajstić information content (AvgIpc) is 3.68. The number of amides is 1. The fourth-order valence-corrected chi connectivity index (χ4v) is 4.90. The largest absolute Gasteiger partial charge is 0.447 e. The molecule has 0 saturated carbocycles. The molecular weight excluding hydrogens is 574 g/mol. The highest BCUT2D eigenvalue weighted by Gasteiger charge is 2.31. The number of fused-ring (bicyclic) bond motifs is 1. The number of anilines is 2. The van der Waals surface area contributed by atoms with E-state index < -0.39 is 35.9 Å². The molecule has 10 nitrogen and oxygen atoms in total. The summed E-state index contributed by atoms with van der Waals surface area (Å²) in [5.41, 5.74) is 8.84. The molecule has 220 valence electrons. The van der Waals surface area contributed by atoms with Crippen LogP contribution in [-0.4, -0.2) is 46.4 Å². The SMILES string of the molecule is Cc1cc(Oc2c(F)cccc2F)ncc1-n1ncc(C(=O)C2=Cc3cc(OC(F)F)c(N4CCOC4=O)cc3C2)c1N. The summed E-state index contributed by atoms with van der Waals surface area (Å²) >= 11 is 0. The third kappa shape index (κ3) is 5.11. The maximum Gasteiger partial charge on any atom is 0.414 e. The molecule has 0 unspecified atom stereocenters. The summed E-state index contributed by atoms with van der Waals surface area (Å²) in [5.74, 6) is -3.12. The number of pyridine rings is 1. The van der Waals surface area contributed by atoms with Gasteiger partial charge in [-0.2, -0.15) is 13.9 Å². The first-order valence-corrected chi connectivity index (χ1v) is 12.8. The normalized spacial score (nSPS) is 14.1. The zero-order valence-electron chi connectivity index (χ0n) is 22.3. The van der Waals surface area contributed by atoms with Crippen molar-refractivity contribution >= 4 is 29.5 Å². The van der Waals surface area contributed by atoms with Gasteiger partial charge in [0.1, 0.15) is 12.4 Å². The first kappa shape index (κ1) is 27.8. The number of ketones is 1. The van der Waals surface area contributed by atoms with E-state index in [0.717, 1.165) is 12.1 Å². The lowest BCUT2D eigenvalue weighted by molar-refractivity contribution is -0.0495. The Morgan fingerprint density at radius 3 is 2.56 bits per heavy atom. The number of carbonyl (C=O) groups excluding carboxylic acids is 2. The van der Waals surface area contributed by atoms with Crippen LogP contribution in [-0.2, 0) is 11.2 Å². The molecule has 14 heteroatoms. The van der Waals surface area contributed by atoms with E-state index in [1.165, 1.54) is 46.2 Å². The second kappa shape index (κ2) is 10.8. The number of carbonyl (C=O) groups is 2. The van der Waals surface area contributed by atoms with Gasteiger partial charge in [-0.1, -0.05) is 6.07 Å². The van der Waals surface area contributed by atoms with Crippen LogP contribution in [0.3, 0.4) is 0 Å². The number of nitrogen functional groups attached to an aromatic ring is 1. The van der Waals surface area contributed by atoms with Crippen molar-refractivity contribution in [3.63, 3.8) is 0 Å². The minimum absolute atomic E-state index is 0.00259. The Hall–Kier alpha value is -5.40. The number of benzene rings is 2. The molecule has 2 aromatic carbocycles. The summed E-state index contributed by atoms with van der Waals surface area (Å²) in [6, 6.07) is 7.63. The van der Waals surface area contributed by atoms with Gasteiger partial charge in [-0.05, 0) is 54.0 Å². The van der Waals surface area contributed by atoms with Crippen molar-refractivity contribution in [1.29, 1.82) is 0 Å². The Morgan fingerprint density at radius 2 is 1.88 bits per heavy atom. The van der Waals surface area contributed by atoms with Crippen molar-refractivity contribution in [3.8, 4) is 23.1 Å². The van der Waals surface area contributed by atoms with Gasteiger partial charge in [-0.3, -0.25) is 9.69 Å². The van der Waals surface area contributed by atoms with Crippen LogP contribution in [0.15, 0.2) is 54.4 Å². The van der Waals surface area contributed by atoms with Gasteiger partial charge in [-0.25, -0.2) is 23.2 Å². The van der Waals surface area contributed by atoms with E-state index in [1.807, 2.05) is 0 Å². The molecule has 43 heavy (non-hydrogen) atoms. The summed E-state index contributed by atoms with van der Waals surface area (Å²) in [4.78, 5) is 30.9. The van der Waals surface area contributed by atoms with E-state index in [4.69, 9.17) is 15.2 Å². The Morgan fingerprint density at radius 1 is 1.12 bits per heavy atom. The van der Waals surface area contributed by atoms with E-state index in [2.05, 4.69) is 14.8 Å². The van der Waals surface area contributed by atoms with Crippen molar-refractivity contribution in [2.75, 3.05) is 23.8 Å². The molecule has 1 aliphatic heterocycles. The average molecular weight is 596 g/mol. The van der Waals surface area contributed by atoms with Crippen molar-refractivity contribution in [1.82, 2.24) is 14.8 Å². The maximum atomic E-state index is 14.0. The number of ether oxygens (including phenoxy) is 3. The molecule has 1 saturated heterocycles. The van der Waals surface area contributed by atoms with Crippen molar-refractivity contribution in [2.45, 2.75) is 20.0 Å². The first-order chi connectivity index (χ1) is 20.6. The Kier molecular flexibility index (Phi) is 6.96. The van der Waals surface area contributed by atoms with Gasteiger partial charge in [0.25, 0.3) is 0 Å². The third-order valence-corrected chi connectivity index (χ3v) is 6.95. The molecule has 0 bridgehead atoms. The Labute approximate surface area is 240 Å². The van der Waals surface area contributed by atoms with E-state index in [1.54, 1.807) is 13.0 Å². The highest BCUT2D eigenvalue weighted by atomic mass is 19.3. The van der Waals surface area contributed by atoms with Gasteiger partial charge >= 0.3 is 12.7 Å². The second-order valence-electron chi connectivity index (χ2n) is 9.66. The second-order valence-corrected chi connectivity index (χ2v) is 9.66. The maximum absolute atomic E-state index is 14.0. The van der Waals surface area contributed by atoms with Crippen molar-refractivity contribution < 1.29 is 41.4 Å². The number of allylic oxidation sites excluding steroid dienone is 1. The molecule has 1 amide bonds. The number of Topliss-reactive ketones (excluding diaryl/α,β-unsaturated/α-hetero) is 1. The highest BCUT2D eigenvalue weighted by molar-refractivity contribution is 6.15. The van der Waals surface area contributed by atoms with Crippen LogP contribution in [0.5, 0.6) is 17.4 Å². The number of nitrogens with two attached hydrogens (primary N) is 1. The molecule has 2 aromatic heterocycles. The van der Waals surface area contributed by atoms with Crippen LogP contribution in [0.4, 0.5) is 33.9 Å². The zero-order valence-corrected chi connectivity index (χ0v) is 22.3. The van der Waals surface area contributed by atoms with E-state index >= 15 is 0 Å². The standard InChI is InChI=1S/C29H21F4N5O5/c1-14-7-24(43-26-19(30)3-2-4-20(26)31)35-13-22(14)38-27(34)18(12-36-38)25(39)17-8-15-10-21(37-5-6-41-29(37)40)23(42-28(32)33)11-16(15)9-17/h2-4,7,9-13,28H,5-6,8,34H2,1H3. The molecule has 2 N–H and O–H groups in total. The molecule has 0 atom stereocenters. The van der Waals surface area contributed by atoms with Gasteiger partial charge in [0.05, 0.1) is 35.9 Å². The van der Waals surface area contributed by atoms with Gasteiger partial charge < -0.3 is 19.9 Å². The topological polar surface area (TPSA) is 122 Å². The number of para-hydroxylation sites is 1. The van der Waals surface area contributed by atoms with Crippen molar-refractivity contribution in [3.05, 3.63) is 88.3 Å². The Bertz CT molecular complexity index is 1800. The smallest absolute Gasteiger partial charge is 0.414 e. The van der Waals surface area contributed by atoms with Crippen LogP contribution < -0.4 is 20.1 Å². The summed E-state index contributed by atoms with van der Waals surface area (Å²) in [5, 5.41) is 4.23. The number of hydrogen-bond donors (Lipinski definition) is 1. The van der Waals surface area contributed by atoms with E-state index in [9.17, 15) is 27.2 Å². The number of cyclic esters (lactones) is 1. The van der Waals surface area contributed by atoms with Crippen LogP contribution in [0.25, 0.3) is 11.8 Å². The molecule has 1 fully saturated rings. The van der Waals surface area contributed by atoms with Gasteiger partial charge in [-0.15, -0.1) is 0 Å². The molecule has 0 spiro atoms. The minimum atomic E-state index is -3.13. The van der Waals surface area contributed by atoms with Crippen LogP contribution in [0.2, 0.25) is 0 Å². The fourth-order valence-electron chi connectivity index (χ4n) is 4.90. The third-order valence-electron chi connectivity index (χ3n) is 6.95. The summed E-state index contributed by atoms with van der Waals surface area (Å²) < 4.78 is 70.4. The molecule has 1 aliphatic carbocycles. The number of halogens is 4. The number of aryl methyl sites for hydroxylation is 1. The van der Waals surface area contributed by atoms with E-state index in [-0.39, 0.29) is 48.3 Å². The molecule has 4 aromatic rings. The molecule has 6 rings (SSSR count). The summed E-state index contributed by atoms with van der Waals surface area (Å²) in [7, 11) is 0. The van der Waals surface area contributed by atoms with Gasteiger partial charge in [0.15, 0.2) is 23.2 Å². The monoisotopic (exact) mass is 595 g/mol. The van der Waals surface area contributed by atoms with Gasteiger partial charge in [0, 0.05) is 18.1 Å². The fraction of sp³-hybridized carbons (Fsp3) is 0.172. The van der Waals surface area contributed by atoms with Crippen LogP contribution >= 0.6 is 0 Å². The lowest BCUT2D eigenvalue weighted by atomic mass is 10.0. The van der Waals surface area contributed by atoms with Crippen LogP contribution in [0.1, 0.15) is 27.0 Å². The lowest BCUT2D eigenvalue weighted by Crippen LogP contribution is -2.24. The predicted molar refractivity (Wildman–Crippen MR) is 145 cm³/mol. The molecule has 0 radical (unpaired) electrons. The Balaban J connectivity index is 1.25. The number of hydrogen-bond acceptors (Lipinski definition) is 8. The molecule has 3 heterocycles. The number of rotatable bonds is 8. The van der Waals surface area contributed by atoms with Crippen molar-refractivity contribution in [2.24, 2.45) is 0 Å². The number of nitrogens with zero attached hydrogens (tertiary/aromatic N) is 4. The number of alkyl halides is 2. The van der Waals surface area contributed by atoms with Gasteiger partial charge in [0.2, 0.25) is 11.6 Å². The molecule has 2 aliphatic rings. The summed E-state index contributed by atoms with van der Waals surface area (Å²) in [6.07, 6.45) is 3.62. The minimum Gasteiger partial charge on any atom is -0.447 e. The lowest BCUT2D eigenvalue weighted by Gasteiger charge is -2.19. The highest BCUT2D eigenvalue weighted by Crippen LogP contribution is 2.39. The first-order valence-electron chi connectivity index (χ1n) is 12.8. The number of aromatic nitrogens is 3. The van der Waals surface area contributed by atoms with E-state index in [0.29, 0.717) is 28.0 Å². The predicted octanol–water partition coefficient (Wildman–Crippen LogP) is 5.61. The quantitative estimate of drug-likeness (QED) is 0.206. The molecular formula is C29H21F4N5O5. The zero-order chi connectivity index (χ0) is 30.4. The summed E-state index contributed by atoms with van der Waals surface area (Å²) in [6.45, 7) is -1.20.